The fourth-order valence-corrected chi connectivity index (χ4v) is 4.49. The molecule has 3 aromatic rings. The molecule has 2 aromatic carbocycles. The molecule has 4 rings (SSSR count). The Balaban J connectivity index is 1.57. The Bertz CT molecular complexity index is 1420. The van der Waals surface area contributed by atoms with E-state index in [2.05, 4.69) is 4.99 Å². The first-order chi connectivity index (χ1) is 18.1. The number of hydrogen-bond acceptors (Lipinski definition) is 4. The van der Waals surface area contributed by atoms with E-state index < -0.39 is 11.7 Å². The number of aliphatic imine (C=N–C) groups is 1. The number of nitrogens with zero attached hydrogens (tertiary/aromatic N) is 6. The standard InChI is InChI=1S/C28H32N6O4/c1-19-10-9-13-22-23(19)21(18-34(22)28(38)31(4)5)24(35)26(36)33-16-14-32(15-17-33)25(29-27(37)30(2)3)20-11-7-6-8-12-20/h6-13,18H,14-17H2,1-5H3/b29-25+. The van der Waals surface area contributed by atoms with E-state index in [-0.39, 0.29) is 17.6 Å². The minimum absolute atomic E-state index is 0.212. The van der Waals surface area contributed by atoms with E-state index in [1.54, 1.807) is 34.3 Å². The molecule has 198 valence electrons. The number of piperazine rings is 1. The van der Waals surface area contributed by atoms with Gasteiger partial charge in [-0.05, 0) is 18.6 Å². The fourth-order valence-electron chi connectivity index (χ4n) is 4.49. The third kappa shape index (κ3) is 5.15. The number of carbonyl (C=O) groups is 4. The SMILES string of the molecule is Cc1cccc2c1c(C(=O)C(=O)N1CCN(/C(=N/C(=O)N(C)C)c3ccccc3)CC1)cn2C(=O)N(C)C. The van der Waals surface area contributed by atoms with Crippen LogP contribution in [-0.4, -0.2) is 108 Å². The van der Waals surface area contributed by atoms with Crippen LogP contribution in [0.2, 0.25) is 0 Å². The summed E-state index contributed by atoms with van der Waals surface area (Å²) < 4.78 is 1.41. The van der Waals surface area contributed by atoms with Gasteiger partial charge < -0.3 is 19.6 Å². The topological polar surface area (TPSA) is 98.5 Å². The number of urea groups is 1. The van der Waals surface area contributed by atoms with Gasteiger partial charge in [0.1, 0.15) is 5.84 Å². The first-order valence-corrected chi connectivity index (χ1v) is 12.4. The van der Waals surface area contributed by atoms with Crippen LogP contribution in [0.1, 0.15) is 21.5 Å². The lowest BCUT2D eigenvalue weighted by molar-refractivity contribution is -0.127. The Morgan fingerprint density at radius 2 is 1.42 bits per heavy atom. The average Bonchev–Trinajstić information content (AvgIpc) is 3.31. The van der Waals surface area contributed by atoms with Crippen LogP contribution in [0.4, 0.5) is 9.59 Å². The lowest BCUT2D eigenvalue weighted by atomic mass is 10.0. The highest BCUT2D eigenvalue weighted by Gasteiger charge is 2.31. The van der Waals surface area contributed by atoms with Crippen molar-refractivity contribution in [3.05, 3.63) is 71.4 Å². The molecule has 1 aliphatic heterocycles. The zero-order valence-corrected chi connectivity index (χ0v) is 22.3. The van der Waals surface area contributed by atoms with E-state index in [9.17, 15) is 19.2 Å². The summed E-state index contributed by atoms with van der Waals surface area (Å²) in [6, 6.07) is 14.2. The monoisotopic (exact) mass is 516 g/mol. The first kappa shape index (κ1) is 26.6. The number of carbonyl (C=O) groups excluding carboxylic acids is 4. The van der Waals surface area contributed by atoms with Crippen LogP contribution >= 0.6 is 0 Å². The second-order valence-corrected chi connectivity index (χ2v) is 9.65. The molecule has 0 unspecified atom stereocenters. The molecule has 0 atom stereocenters. The first-order valence-electron chi connectivity index (χ1n) is 12.4. The quantitative estimate of drug-likeness (QED) is 0.231. The molecule has 0 saturated carbocycles. The van der Waals surface area contributed by atoms with Crippen molar-refractivity contribution in [2.24, 2.45) is 4.99 Å². The van der Waals surface area contributed by atoms with Crippen molar-refractivity contribution < 1.29 is 19.2 Å². The largest absolute Gasteiger partial charge is 0.352 e. The molecule has 1 aromatic heterocycles. The summed E-state index contributed by atoms with van der Waals surface area (Å²) in [5.41, 5.74) is 2.40. The van der Waals surface area contributed by atoms with Crippen LogP contribution in [0, 0.1) is 6.92 Å². The van der Waals surface area contributed by atoms with Crippen molar-refractivity contribution in [3.8, 4) is 0 Å². The van der Waals surface area contributed by atoms with Gasteiger partial charge in [-0.1, -0.05) is 42.5 Å². The van der Waals surface area contributed by atoms with Gasteiger partial charge in [0.15, 0.2) is 0 Å². The maximum atomic E-state index is 13.5. The summed E-state index contributed by atoms with van der Waals surface area (Å²) in [5.74, 6) is -0.738. The number of aryl methyl sites for hydroxylation is 1. The Morgan fingerprint density at radius 1 is 0.789 bits per heavy atom. The summed E-state index contributed by atoms with van der Waals surface area (Å²) in [5, 5.41) is 0.598. The van der Waals surface area contributed by atoms with Crippen LogP contribution in [0.25, 0.3) is 10.9 Å². The van der Waals surface area contributed by atoms with Crippen LogP contribution in [0.5, 0.6) is 0 Å². The summed E-state index contributed by atoms with van der Waals surface area (Å²) in [6.45, 7) is 3.26. The minimum atomic E-state index is -0.650. The Morgan fingerprint density at radius 3 is 2.03 bits per heavy atom. The predicted molar refractivity (Wildman–Crippen MR) is 146 cm³/mol. The van der Waals surface area contributed by atoms with Gasteiger partial charge in [0.05, 0.1) is 11.1 Å². The number of rotatable bonds is 3. The second-order valence-electron chi connectivity index (χ2n) is 9.65. The molecule has 0 radical (unpaired) electrons. The van der Waals surface area contributed by atoms with Crippen molar-refractivity contribution in [2.75, 3.05) is 54.4 Å². The Hall–Kier alpha value is -4.47. The molecule has 0 spiro atoms. The molecule has 10 heteroatoms. The number of aromatic nitrogens is 1. The molecule has 1 fully saturated rings. The molecule has 0 aliphatic carbocycles. The number of amidine groups is 1. The molecule has 38 heavy (non-hydrogen) atoms. The number of benzene rings is 2. The number of amides is 4. The van der Waals surface area contributed by atoms with Gasteiger partial charge >= 0.3 is 12.1 Å². The Kier molecular flexibility index (Phi) is 7.61. The molecular weight excluding hydrogens is 484 g/mol. The molecule has 0 N–H and O–H groups in total. The predicted octanol–water partition coefficient (Wildman–Crippen LogP) is 2.93. The molecule has 2 heterocycles. The number of ketones is 1. The molecule has 1 saturated heterocycles. The number of fused-ring (bicyclic) bond motifs is 1. The number of hydrogen-bond donors (Lipinski definition) is 0. The zero-order chi connectivity index (χ0) is 27.6. The average molecular weight is 517 g/mol. The number of Topliss-reactive ketones (excluding diaryl/α,β-unsaturated/α-hetero) is 1. The van der Waals surface area contributed by atoms with E-state index in [1.807, 2.05) is 54.3 Å². The van der Waals surface area contributed by atoms with Crippen LogP contribution in [-0.2, 0) is 4.79 Å². The highest BCUT2D eigenvalue weighted by Crippen LogP contribution is 2.26. The summed E-state index contributed by atoms with van der Waals surface area (Å²) >= 11 is 0. The lowest BCUT2D eigenvalue weighted by Gasteiger charge is -2.36. The van der Waals surface area contributed by atoms with E-state index in [4.69, 9.17) is 0 Å². The van der Waals surface area contributed by atoms with Gasteiger partial charge in [0.25, 0.3) is 11.7 Å². The van der Waals surface area contributed by atoms with E-state index in [1.165, 1.54) is 25.5 Å². The minimum Gasteiger partial charge on any atom is -0.352 e. The molecule has 4 amide bonds. The van der Waals surface area contributed by atoms with Gasteiger partial charge in [0.2, 0.25) is 0 Å². The third-order valence-corrected chi connectivity index (χ3v) is 6.55. The highest BCUT2D eigenvalue weighted by atomic mass is 16.2. The fraction of sp³-hybridized carbons (Fsp3) is 0.321. The van der Waals surface area contributed by atoms with E-state index in [0.717, 1.165) is 11.1 Å². The zero-order valence-electron chi connectivity index (χ0n) is 22.3. The van der Waals surface area contributed by atoms with Crippen LogP contribution in [0.15, 0.2) is 59.7 Å². The van der Waals surface area contributed by atoms with Crippen molar-refractivity contribution in [1.29, 1.82) is 0 Å². The van der Waals surface area contributed by atoms with Crippen LogP contribution in [0.3, 0.4) is 0 Å². The maximum absolute atomic E-state index is 13.5. The second kappa shape index (κ2) is 10.9. The van der Waals surface area contributed by atoms with E-state index in [0.29, 0.717) is 42.9 Å². The van der Waals surface area contributed by atoms with Gasteiger partial charge in [0, 0.05) is 71.5 Å². The van der Waals surface area contributed by atoms with Crippen molar-refractivity contribution >= 4 is 40.5 Å². The molecule has 0 bridgehead atoms. The molecule has 10 nitrogen and oxygen atoms in total. The summed E-state index contributed by atoms with van der Waals surface area (Å²) in [4.78, 5) is 62.6. The van der Waals surface area contributed by atoms with Gasteiger partial charge in [-0.25, -0.2) is 9.59 Å². The lowest BCUT2D eigenvalue weighted by Crippen LogP contribution is -2.52. The van der Waals surface area contributed by atoms with Crippen molar-refractivity contribution in [1.82, 2.24) is 24.2 Å². The highest BCUT2D eigenvalue weighted by molar-refractivity contribution is 6.45. The third-order valence-electron chi connectivity index (χ3n) is 6.55. The summed E-state index contributed by atoms with van der Waals surface area (Å²) in [7, 11) is 6.55. The van der Waals surface area contributed by atoms with Gasteiger partial charge in [-0.3, -0.25) is 14.2 Å². The van der Waals surface area contributed by atoms with E-state index >= 15 is 0 Å². The van der Waals surface area contributed by atoms with Gasteiger partial charge in [-0.2, -0.15) is 4.99 Å². The smallest absolute Gasteiger partial charge is 0.344 e. The Labute approximate surface area is 221 Å². The van der Waals surface area contributed by atoms with Crippen LogP contribution < -0.4 is 0 Å². The normalized spacial score (nSPS) is 14.0. The molecule has 1 aliphatic rings. The van der Waals surface area contributed by atoms with Crippen molar-refractivity contribution in [3.63, 3.8) is 0 Å². The van der Waals surface area contributed by atoms with Crippen molar-refractivity contribution in [2.45, 2.75) is 6.92 Å². The van der Waals surface area contributed by atoms with Gasteiger partial charge in [-0.15, -0.1) is 0 Å². The maximum Gasteiger partial charge on any atom is 0.344 e. The summed E-state index contributed by atoms with van der Waals surface area (Å²) in [6.07, 6.45) is 1.46. The molecular formula is C28H32N6O4.